The fourth-order valence-electron chi connectivity index (χ4n) is 7.39. The van der Waals surface area contributed by atoms with Crippen molar-refractivity contribution in [3.8, 4) is 22.6 Å². The lowest BCUT2D eigenvalue weighted by Crippen LogP contribution is -2.14. The third-order valence-electron chi connectivity index (χ3n) is 9.86. The second-order valence-electron chi connectivity index (χ2n) is 13.2. The van der Waals surface area contributed by atoms with Crippen LogP contribution in [0.3, 0.4) is 0 Å². The molecule has 0 radical (unpaired) electrons. The third kappa shape index (κ3) is 5.56. The van der Waals surface area contributed by atoms with E-state index >= 15 is 0 Å². The van der Waals surface area contributed by atoms with Gasteiger partial charge in [0.15, 0.2) is 5.58 Å². The van der Waals surface area contributed by atoms with Gasteiger partial charge in [0, 0.05) is 45.0 Å². The van der Waals surface area contributed by atoms with Gasteiger partial charge in [-0.1, -0.05) is 121 Å². The summed E-state index contributed by atoms with van der Waals surface area (Å²) >= 11 is 0. The van der Waals surface area contributed by atoms with Crippen molar-refractivity contribution in [3.05, 3.63) is 200 Å². The maximum atomic E-state index is 6.73. The number of furan rings is 1. The molecule has 10 aromatic rings. The maximum absolute atomic E-state index is 6.73. The predicted octanol–water partition coefficient (Wildman–Crippen LogP) is 14.0. The highest BCUT2D eigenvalue weighted by Gasteiger charge is 2.26. The van der Waals surface area contributed by atoms with E-state index in [0.717, 1.165) is 78.3 Å². The van der Waals surface area contributed by atoms with Crippen LogP contribution in [-0.4, -0.2) is 4.98 Å². The van der Waals surface area contributed by atoms with Gasteiger partial charge in [0.05, 0.1) is 17.1 Å². The summed E-state index contributed by atoms with van der Waals surface area (Å²) in [7, 11) is 0. The van der Waals surface area contributed by atoms with Gasteiger partial charge in [0.25, 0.3) is 0 Å². The Morgan fingerprint density at radius 1 is 0.352 bits per heavy atom. The Hall–Kier alpha value is -7.37. The van der Waals surface area contributed by atoms with Crippen LogP contribution in [0.25, 0.3) is 55.6 Å². The van der Waals surface area contributed by atoms with Gasteiger partial charge in [0.2, 0.25) is 5.89 Å². The number of oxazole rings is 1. The lowest BCUT2D eigenvalue weighted by atomic mass is 10.0. The van der Waals surface area contributed by atoms with Crippen molar-refractivity contribution in [1.82, 2.24) is 4.98 Å². The smallest absolute Gasteiger partial charge is 0.227 e. The van der Waals surface area contributed by atoms with Gasteiger partial charge < -0.3 is 18.6 Å². The molecule has 0 amide bonds. The van der Waals surface area contributed by atoms with E-state index in [2.05, 4.69) is 155 Å². The van der Waals surface area contributed by atoms with Crippen LogP contribution in [0.2, 0.25) is 0 Å². The van der Waals surface area contributed by atoms with Crippen molar-refractivity contribution >= 4 is 67.2 Å². The number of nitrogens with zero attached hydrogens (tertiary/aromatic N) is 3. The van der Waals surface area contributed by atoms with Gasteiger partial charge >= 0.3 is 0 Å². The number of hydrogen-bond acceptors (Lipinski definition) is 5. The number of aromatic nitrogens is 1. The summed E-state index contributed by atoms with van der Waals surface area (Å²) in [6, 6.07) is 69.1. The van der Waals surface area contributed by atoms with Crippen molar-refractivity contribution in [2.75, 3.05) is 9.80 Å². The summed E-state index contributed by atoms with van der Waals surface area (Å²) < 4.78 is 13.0. The minimum Gasteiger partial charge on any atom is -0.456 e. The zero-order valence-corrected chi connectivity index (χ0v) is 29.2. The van der Waals surface area contributed by atoms with Gasteiger partial charge in [-0.2, -0.15) is 0 Å². The molecule has 0 saturated carbocycles. The van der Waals surface area contributed by atoms with Gasteiger partial charge in [-0.15, -0.1) is 0 Å². The van der Waals surface area contributed by atoms with Crippen molar-refractivity contribution < 1.29 is 8.83 Å². The molecule has 0 spiro atoms. The van der Waals surface area contributed by atoms with Crippen LogP contribution in [0.4, 0.5) is 34.1 Å². The molecule has 2 aromatic heterocycles. The van der Waals surface area contributed by atoms with Crippen LogP contribution in [0.5, 0.6) is 0 Å². The highest BCUT2D eigenvalue weighted by atomic mass is 16.3. The maximum Gasteiger partial charge on any atom is 0.227 e. The fraction of sp³-hybridized carbons (Fsp3) is 0. The number of fused-ring (bicyclic) bond motifs is 4. The summed E-state index contributed by atoms with van der Waals surface area (Å²) in [5.74, 6) is 0.558. The van der Waals surface area contributed by atoms with Gasteiger partial charge in [-0.05, 0) is 78.4 Å². The topological polar surface area (TPSA) is 45.7 Å². The molecule has 0 bridgehead atoms. The Morgan fingerprint density at radius 3 is 1.67 bits per heavy atom. The Morgan fingerprint density at radius 2 is 0.944 bits per heavy atom. The van der Waals surface area contributed by atoms with E-state index in [1.165, 1.54) is 0 Å². The molecule has 2 heterocycles. The number of rotatable bonds is 8. The standard InChI is InChI=1S/C49H33N3O2/c1-5-17-34(18-6-1)40-25-13-15-27-43(40)52(38-29-30-46-42(31-38)41-26-14-16-28-45(41)53-46)44-32-39(33-47-48(44)50-49(54-47)35-19-7-2-8-20-35)51(36-21-9-3-10-22-36)37-23-11-4-12-24-37/h1-33H. The molecule has 54 heavy (non-hydrogen) atoms. The number of anilines is 6. The van der Waals surface area contributed by atoms with E-state index in [4.69, 9.17) is 13.8 Å². The first-order valence-corrected chi connectivity index (χ1v) is 18.0. The van der Waals surface area contributed by atoms with Gasteiger partial charge in [-0.25, -0.2) is 4.98 Å². The molecule has 0 aliphatic carbocycles. The number of para-hydroxylation sites is 4. The Balaban J connectivity index is 1.30. The third-order valence-corrected chi connectivity index (χ3v) is 9.86. The molecule has 256 valence electrons. The lowest BCUT2D eigenvalue weighted by molar-refractivity contribution is 0.620. The largest absolute Gasteiger partial charge is 0.456 e. The Labute approximate surface area is 312 Å². The Kier molecular flexibility index (Phi) is 7.73. The van der Waals surface area contributed by atoms with Crippen LogP contribution < -0.4 is 9.80 Å². The minimum absolute atomic E-state index is 0.558. The molecule has 0 aliphatic rings. The molecule has 0 saturated heterocycles. The first-order chi connectivity index (χ1) is 26.8. The molecule has 0 N–H and O–H groups in total. The summed E-state index contributed by atoms with van der Waals surface area (Å²) in [5.41, 5.74) is 12.1. The average Bonchev–Trinajstić information content (AvgIpc) is 3.85. The van der Waals surface area contributed by atoms with E-state index in [0.29, 0.717) is 11.5 Å². The summed E-state index contributed by atoms with van der Waals surface area (Å²) in [6.45, 7) is 0. The summed E-state index contributed by atoms with van der Waals surface area (Å²) in [4.78, 5) is 9.85. The first kappa shape index (κ1) is 31.4. The van der Waals surface area contributed by atoms with E-state index < -0.39 is 0 Å². The second-order valence-corrected chi connectivity index (χ2v) is 13.2. The molecule has 0 atom stereocenters. The van der Waals surface area contributed by atoms with Crippen LogP contribution in [0.1, 0.15) is 0 Å². The average molecular weight is 696 g/mol. The van der Waals surface area contributed by atoms with E-state index in [9.17, 15) is 0 Å². The van der Waals surface area contributed by atoms with Crippen LogP contribution in [0.15, 0.2) is 209 Å². The van der Waals surface area contributed by atoms with E-state index in [-0.39, 0.29) is 0 Å². The molecule has 5 nitrogen and oxygen atoms in total. The zero-order valence-electron chi connectivity index (χ0n) is 29.2. The highest BCUT2D eigenvalue weighted by molar-refractivity contribution is 6.08. The van der Waals surface area contributed by atoms with Crippen LogP contribution in [-0.2, 0) is 0 Å². The van der Waals surface area contributed by atoms with Crippen molar-refractivity contribution in [2.45, 2.75) is 0 Å². The van der Waals surface area contributed by atoms with Crippen LogP contribution >= 0.6 is 0 Å². The number of benzene rings is 8. The van der Waals surface area contributed by atoms with E-state index in [1.54, 1.807) is 0 Å². The van der Waals surface area contributed by atoms with Crippen molar-refractivity contribution in [1.29, 1.82) is 0 Å². The molecule has 0 fully saturated rings. The first-order valence-electron chi connectivity index (χ1n) is 18.0. The highest BCUT2D eigenvalue weighted by Crippen LogP contribution is 2.48. The molecule has 10 rings (SSSR count). The molecular formula is C49H33N3O2. The zero-order chi connectivity index (χ0) is 35.8. The molecule has 8 aromatic carbocycles. The summed E-state index contributed by atoms with van der Waals surface area (Å²) in [5, 5.41) is 2.11. The SMILES string of the molecule is c1ccc(-c2nc3c(N(c4ccc5oc6ccccc6c5c4)c4ccccc4-c4ccccc4)cc(N(c4ccccc4)c4ccccc4)cc3o2)cc1. The monoisotopic (exact) mass is 695 g/mol. The molecule has 5 heteroatoms. The predicted molar refractivity (Wildman–Crippen MR) is 222 cm³/mol. The number of hydrogen-bond donors (Lipinski definition) is 0. The minimum atomic E-state index is 0.558. The molecular weight excluding hydrogens is 663 g/mol. The van der Waals surface area contributed by atoms with Gasteiger partial charge in [0.1, 0.15) is 16.7 Å². The normalized spacial score (nSPS) is 11.3. The van der Waals surface area contributed by atoms with Crippen molar-refractivity contribution in [2.24, 2.45) is 0 Å². The summed E-state index contributed by atoms with van der Waals surface area (Å²) in [6.07, 6.45) is 0. The Bertz CT molecular complexity index is 2840. The van der Waals surface area contributed by atoms with Crippen LogP contribution in [0, 0.1) is 0 Å². The fourth-order valence-corrected chi connectivity index (χ4v) is 7.39. The molecule has 0 aliphatic heterocycles. The quantitative estimate of drug-likeness (QED) is 0.158. The lowest BCUT2D eigenvalue weighted by Gasteiger charge is -2.30. The second kappa shape index (κ2) is 13.3. The molecule has 0 unspecified atom stereocenters. The van der Waals surface area contributed by atoms with E-state index in [1.807, 2.05) is 54.6 Å². The van der Waals surface area contributed by atoms with Gasteiger partial charge in [-0.3, -0.25) is 0 Å². The van der Waals surface area contributed by atoms with Crippen molar-refractivity contribution in [3.63, 3.8) is 0 Å².